The lowest BCUT2D eigenvalue weighted by molar-refractivity contribution is -0.118. The third kappa shape index (κ3) is 3.09. The molecule has 0 radical (unpaired) electrons. The largest absolute Gasteiger partial charge is 0.472 e. The van der Waals surface area contributed by atoms with Gasteiger partial charge in [0.25, 0.3) is 0 Å². The molecule has 0 saturated carbocycles. The number of halogens is 1. The first-order chi connectivity index (χ1) is 8.19. The zero-order chi connectivity index (χ0) is 12.3. The molecule has 0 aromatic heterocycles. The maximum atomic E-state index is 11.2. The summed E-state index contributed by atoms with van der Waals surface area (Å²) in [5, 5.41) is 6.20. The molecule has 1 amide bonds. The van der Waals surface area contributed by atoms with Crippen LogP contribution >= 0.6 is 15.9 Å². The van der Waals surface area contributed by atoms with Gasteiger partial charge in [-0.3, -0.25) is 9.59 Å². The Morgan fingerprint density at radius 3 is 3.18 bits per heavy atom. The van der Waals surface area contributed by atoms with Crippen LogP contribution in [0.3, 0.4) is 0 Å². The number of allylic oxidation sites excluding steroid dienone is 3. The van der Waals surface area contributed by atoms with Crippen molar-refractivity contribution < 1.29 is 14.3 Å². The van der Waals surface area contributed by atoms with Crippen LogP contribution in [0, 0.1) is 0 Å². The summed E-state index contributed by atoms with van der Waals surface area (Å²) in [5.41, 5.74) is 0.876. The van der Waals surface area contributed by atoms with E-state index in [-0.39, 0.29) is 17.9 Å². The number of nitrogens with one attached hydrogen (secondary N) is 2. The Bertz CT molecular complexity index is 404. The molecule has 2 rings (SSSR count). The van der Waals surface area contributed by atoms with Crippen molar-refractivity contribution in [2.75, 3.05) is 11.9 Å². The van der Waals surface area contributed by atoms with Crippen molar-refractivity contribution in [3.8, 4) is 0 Å². The molecule has 0 aromatic rings. The lowest BCUT2D eigenvalue weighted by Gasteiger charge is -2.12. The second-order valence-corrected chi connectivity index (χ2v) is 4.40. The predicted octanol–water partition coefficient (Wildman–Crippen LogP) is 0.574. The van der Waals surface area contributed by atoms with Crippen LogP contribution in [0.4, 0.5) is 0 Å². The molecule has 1 aliphatic carbocycles. The Labute approximate surface area is 107 Å². The van der Waals surface area contributed by atoms with E-state index in [0.717, 1.165) is 5.70 Å². The van der Waals surface area contributed by atoms with Crippen molar-refractivity contribution in [1.29, 1.82) is 0 Å². The molecule has 17 heavy (non-hydrogen) atoms. The minimum atomic E-state index is -0.161. The molecule has 92 valence electrons. The van der Waals surface area contributed by atoms with Gasteiger partial charge in [0.05, 0.1) is 17.4 Å². The average molecular weight is 301 g/mol. The fourth-order valence-electron chi connectivity index (χ4n) is 1.71. The fraction of sp³-hybridized carbons (Fsp3) is 0.455. The molecule has 6 heteroatoms. The number of hydrogen-bond acceptors (Lipinski definition) is 4. The van der Waals surface area contributed by atoms with Gasteiger partial charge < -0.3 is 15.4 Å². The molecular formula is C11H13BrN2O3. The zero-order valence-electron chi connectivity index (χ0n) is 9.16. The van der Waals surface area contributed by atoms with E-state index < -0.39 is 0 Å². The summed E-state index contributed by atoms with van der Waals surface area (Å²) in [7, 11) is 0. The zero-order valence-corrected chi connectivity index (χ0v) is 10.7. The highest BCUT2D eigenvalue weighted by Crippen LogP contribution is 2.24. The number of rotatable bonds is 4. The van der Waals surface area contributed by atoms with Crippen LogP contribution in [-0.2, 0) is 14.3 Å². The van der Waals surface area contributed by atoms with Crippen molar-refractivity contribution in [3.05, 3.63) is 23.6 Å². The van der Waals surface area contributed by atoms with Gasteiger partial charge in [-0.15, -0.1) is 0 Å². The summed E-state index contributed by atoms with van der Waals surface area (Å²) in [6, 6.07) is 0. The van der Waals surface area contributed by atoms with Gasteiger partial charge in [-0.05, 0) is 12.2 Å². The van der Waals surface area contributed by atoms with Gasteiger partial charge in [0.15, 0.2) is 12.0 Å². The first-order valence-corrected chi connectivity index (χ1v) is 6.51. The second kappa shape index (κ2) is 5.35. The van der Waals surface area contributed by atoms with Crippen LogP contribution in [0.2, 0.25) is 0 Å². The monoisotopic (exact) mass is 300 g/mol. The van der Waals surface area contributed by atoms with Gasteiger partial charge in [-0.25, -0.2) is 0 Å². The van der Waals surface area contributed by atoms with Gasteiger partial charge in [-0.2, -0.15) is 0 Å². The molecule has 0 spiro atoms. The third-order valence-corrected chi connectivity index (χ3v) is 3.03. The molecule has 0 saturated heterocycles. The van der Waals surface area contributed by atoms with E-state index in [2.05, 4.69) is 26.6 Å². The molecule has 5 nitrogen and oxygen atoms in total. The topological polar surface area (TPSA) is 67.4 Å². The standard InChI is InChI=1S/C11H13BrN2O3/c12-6-10(16)13-4-3-11-14-8-2-1-7(15)5-9(8)17-11/h1-2,11,14H,3-6H2,(H,13,16). The smallest absolute Gasteiger partial charge is 0.230 e. The van der Waals surface area contributed by atoms with Crippen molar-refractivity contribution >= 4 is 27.6 Å². The second-order valence-electron chi connectivity index (χ2n) is 3.84. The Balaban J connectivity index is 1.75. The Morgan fingerprint density at radius 2 is 2.41 bits per heavy atom. The number of amides is 1. The molecule has 1 atom stereocenters. The molecule has 1 heterocycles. The van der Waals surface area contributed by atoms with E-state index in [1.165, 1.54) is 0 Å². The lowest BCUT2D eigenvalue weighted by Crippen LogP contribution is -2.32. The Kier molecular flexibility index (Phi) is 3.83. The molecular weight excluding hydrogens is 288 g/mol. The van der Waals surface area contributed by atoms with Gasteiger partial charge in [-0.1, -0.05) is 15.9 Å². The fourth-order valence-corrected chi connectivity index (χ4v) is 1.91. The van der Waals surface area contributed by atoms with E-state index in [1.54, 1.807) is 12.2 Å². The van der Waals surface area contributed by atoms with Crippen LogP contribution in [0.5, 0.6) is 0 Å². The van der Waals surface area contributed by atoms with Gasteiger partial charge in [0, 0.05) is 13.0 Å². The summed E-state index contributed by atoms with van der Waals surface area (Å²) < 4.78 is 5.58. The van der Waals surface area contributed by atoms with Crippen LogP contribution < -0.4 is 10.6 Å². The third-order valence-electron chi connectivity index (χ3n) is 2.52. The van der Waals surface area contributed by atoms with Crippen LogP contribution in [0.1, 0.15) is 12.8 Å². The summed E-state index contributed by atoms with van der Waals surface area (Å²) in [6.07, 6.45) is 4.10. The maximum Gasteiger partial charge on any atom is 0.230 e. The molecule has 2 aliphatic rings. The number of ether oxygens (including phenoxy) is 1. The van der Waals surface area contributed by atoms with Gasteiger partial charge >= 0.3 is 0 Å². The number of alkyl halides is 1. The summed E-state index contributed by atoms with van der Waals surface area (Å²) in [4.78, 5) is 22.2. The highest BCUT2D eigenvalue weighted by Gasteiger charge is 2.26. The molecule has 0 fully saturated rings. The molecule has 0 bridgehead atoms. The SMILES string of the molecule is O=C1C=CC2=C(C1)OC(CCNC(=O)CBr)N2. The Morgan fingerprint density at radius 1 is 1.59 bits per heavy atom. The normalized spacial score (nSPS) is 21.9. The molecule has 1 unspecified atom stereocenters. The molecule has 2 N–H and O–H groups in total. The van der Waals surface area contributed by atoms with Gasteiger partial charge in [0.1, 0.15) is 5.76 Å². The minimum Gasteiger partial charge on any atom is -0.472 e. The molecule has 1 aliphatic heterocycles. The van der Waals surface area contributed by atoms with E-state index >= 15 is 0 Å². The highest BCUT2D eigenvalue weighted by atomic mass is 79.9. The van der Waals surface area contributed by atoms with Crippen molar-refractivity contribution in [3.63, 3.8) is 0 Å². The van der Waals surface area contributed by atoms with E-state index in [1.807, 2.05) is 0 Å². The predicted molar refractivity (Wildman–Crippen MR) is 65.2 cm³/mol. The maximum absolute atomic E-state index is 11.2. The number of carbonyl (C=O) groups is 2. The van der Waals surface area contributed by atoms with E-state index in [9.17, 15) is 9.59 Å². The van der Waals surface area contributed by atoms with Crippen LogP contribution in [0.25, 0.3) is 0 Å². The van der Waals surface area contributed by atoms with Crippen molar-refractivity contribution in [2.45, 2.75) is 19.1 Å². The van der Waals surface area contributed by atoms with E-state index in [4.69, 9.17) is 4.74 Å². The summed E-state index contributed by atoms with van der Waals surface area (Å²) in [5.74, 6) is 0.712. The minimum absolute atomic E-state index is 0.0456. The van der Waals surface area contributed by atoms with Gasteiger partial charge in [0.2, 0.25) is 5.91 Å². The van der Waals surface area contributed by atoms with Crippen molar-refractivity contribution in [2.24, 2.45) is 0 Å². The van der Waals surface area contributed by atoms with Crippen LogP contribution in [-0.4, -0.2) is 29.8 Å². The number of ketones is 1. The Hall–Kier alpha value is -1.30. The number of hydrogen-bond donors (Lipinski definition) is 2. The first kappa shape index (κ1) is 12.2. The lowest BCUT2D eigenvalue weighted by atomic mass is 10.1. The first-order valence-electron chi connectivity index (χ1n) is 5.39. The average Bonchev–Trinajstić information content (AvgIpc) is 2.70. The quantitative estimate of drug-likeness (QED) is 0.745. The van der Waals surface area contributed by atoms with E-state index in [0.29, 0.717) is 30.5 Å². The molecule has 0 aromatic carbocycles. The van der Waals surface area contributed by atoms with Crippen molar-refractivity contribution in [1.82, 2.24) is 10.6 Å². The summed E-state index contributed by atoms with van der Waals surface area (Å²) in [6.45, 7) is 0.542. The van der Waals surface area contributed by atoms with Crippen LogP contribution in [0.15, 0.2) is 23.6 Å². The number of carbonyl (C=O) groups excluding carboxylic acids is 2. The summed E-state index contributed by atoms with van der Waals surface area (Å²) >= 11 is 3.07. The highest BCUT2D eigenvalue weighted by molar-refractivity contribution is 9.09.